The fraction of sp³-hybridized carbons (Fsp3) is 0.286. The van der Waals surface area contributed by atoms with Gasteiger partial charge in [0.1, 0.15) is 5.75 Å². The van der Waals surface area contributed by atoms with Gasteiger partial charge in [0.05, 0.1) is 25.3 Å². The number of rotatable bonds is 5. The third-order valence-electron chi connectivity index (χ3n) is 2.99. The molecule has 2 amide bonds. The number of nitrogens with one attached hydrogen (secondary N) is 1. The van der Waals surface area contributed by atoms with E-state index in [-0.39, 0.29) is 18.2 Å². The predicted molar refractivity (Wildman–Crippen MR) is 72.1 cm³/mol. The van der Waals surface area contributed by atoms with Gasteiger partial charge >= 0.3 is 0 Å². The minimum Gasteiger partial charge on any atom is -0.497 e. The number of anilines is 1. The molecule has 5 nitrogen and oxygen atoms in total. The highest BCUT2D eigenvalue weighted by Gasteiger charge is 2.38. The number of ether oxygens (including phenoxy) is 1. The maximum Gasteiger partial charge on any atom is 0.251 e. The quantitative estimate of drug-likeness (QED) is 0.636. The number of nitrogens with zero attached hydrogens (tertiary/aromatic N) is 1. The van der Waals surface area contributed by atoms with Crippen molar-refractivity contribution in [1.29, 1.82) is 0 Å². The summed E-state index contributed by atoms with van der Waals surface area (Å²) >= 11 is 0. The maximum atomic E-state index is 12.2. The van der Waals surface area contributed by atoms with E-state index in [1.165, 1.54) is 4.90 Å². The van der Waals surface area contributed by atoms with Gasteiger partial charge < -0.3 is 10.1 Å². The molecule has 0 aromatic heterocycles. The Bertz CT molecular complexity index is 496. The fourth-order valence-corrected chi connectivity index (χ4v) is 2.02. The van der Waals surface area contributed by atoms with Gasteiger partial charge in [0, 0.05) is 6.54 Å². The van der Waals surface area contributed by atoms with Gasteiger partial charge in [-0.25, -0.2) is 4.90 Å². The number of carbonyl (C=O) groups excluding carboxylic acids is 2. The van der Waals surface area contributed by atoms with Gasteiger partial charge in [-0.1, -0.05) is 6.08 Å². The Balaban J connectivity index is 2.17. The summed E-state index contributed by atoms with van der Waals surface area (Å²) in [6.45, 7) is 4.08. The van der Waals surface area contributed by atoms with E-state index in [1.54, 1.807) is 37.5 Å². The smallest absolute Gasteiger partial charge is 0.251 e. The SMILES string of the molecule is C=CCN[C@H]1CC(=O)N(c2ccc(OC)cc2)C1=O. The van der Waals surface area contributed by atoms with Crippen molar-refractivity contribution in [3.63, 3.8) is 0 Å². The van der Waals surface area contributed by atoms with E-state index in [9.17, 15) is 9.59 Å². The molecule has 1 saturated heterocycles. The molecule has 100 valence electrons. The van der Waals surface area contributed by atoms with Gasteiger partial charge in [-0.05, 0) is 24.3 Å². The Morgan fingerprint density at radius 2 is 2.11 bits per heavy atom. The molecule has 0 unspecified atom stereocenters. The van der Waals surface area contributed by atoms with Crippen molar-refractivity contribution in [3.8, 4) is 5.75 Å². The van der Waals surface area contributed by atoms with Crippen molar-refractivity contribution in [2.75, 3.05) is 18.6 Å². The summed E-state index contributed by atoms with van der Waals surface area (Å²) in [5.74, 6) is 0.262. The summed E-state index contributed by atoms with van der Waals surface area (Å²) in [7, 11) is 1.57. The number of methoxy groups -OCH3 is 1. The molecule has 0 radical (unpaired) electrons. The normalized spacial score (nSPS) is 18.8. The number of hydrogen-bond donors (Lipinski definition) is 1. The highest BCUT2D eigenvalue weighted by atomic mass is 16.5. The van der Waals surface area contributed by atoms with Crippen molar-refractivity contribution in [2.24, 2.45) is 0 Å². The zero-order chi connectivity index (χ0) is 13.8. The van der Waals surface area contributed by atoms with Crippen LogP contribution in [0.5, 0.6) is 5.75 Å². The van der Waals surface area contributed by atoms with Crippen LogP contribution in [-0.4, -0.2) is 31.5 Å². The number of carbonyl (C=O) groups is 2. The molecule has 1 heterocycles. The molecule has 0 saturated carbocycles. The maximum absolute atomic E-state index is 12.2. The standard InChI is InChI=1S/C14H16N2O3/c1-3-8-15-12-9-13(17)16(14(12)18)10-4-6-11(19-2)7-5-10/h3-7,12,15H,1,8-9H2,2H3/t12-/m0/s1. The summed E-state index contributed by atoms with van der Waals surface area (Å²) in [5, 5.41) is 2.98. The molecule has 1 aromatic rings. The van der Waals surface area contributed by atoms with Gasteiger partial charge in [-0.15, -0.1) is 6.58 Å². The Hall–Kier alpha value is -2.14. The predicted octanol–water partition coefficient (Wildman–Crippen LogP) is 1.10. The van der Waals surface area contributed by atoms with E-state index in [1.807, 2.05) is 0 Å². The summed E-state index contributed by atoms with van der Waals surface area (Å²) in [5.41, 5.74) is 0.568. The van der Waals surface area contributed by atoms with Crippen molar-refractivity contribution in [3.05, 3.63) is 36.9 Å². The molecule has 1 atom stereocenters. The van der Waals surface area contributed by atoms with Gasteiger partial charge in [0.2, 0.25) is 5.91 Å². The lowest BCUT2D eigenvalue weighted by Gasteiger charge is -2.15. The van der Waals surface area contributed by atoms with Gasteiger partial charge in [0.25, 0.3) is 5.91 Å². The molecule has 0 aliphatic carbocycles. The summed E-state index contributed by atoms with van der Waals surface area (Å²) in [4.78, 5) is 25.3. The van der Waals surface area contributed by atoms with Gasteiger partial charge in [-0.2, -0.15) is 0 Å². The van der Waals surface area contributed by atoms with E-state index in [0.29, 0.717) is 18.0 Å². The van der Waals surface area contributed by atoms with Crippen molar-refractivity contribution in [1.82, 2.24) is 5.32 Å². The van der Waals surface area contributed by atoms with Gasteiger partial charge in [0.15, 0.2) is 0 Å². The fourth-order valence-electron chi connectivity index (χ4n) is 2.02. The van der Waals surface area contributed by atoms with E-state index >= 15 is 0 Å². The largest absolute Gasteiger partial charge is 0.497 e. The van der Waals surface area contributed by atoms with Crippen molar-refractivity contribution in [2.45, 2.75) is 12.5 Å². The first-order valence-electron chi connectivity index (χ1n) is 6.02. The summed E-state index contributed by atoms with van der Waals surface area (Å²) in [6.07, 6.45) is 1.84. The third-order valence-corrected chi connectivity index (χ3v) is 2.99. The van der Waals surface area contributed by atoms with Crippen LogP contribution in [0, 0.1) is 0 Å². The lowest BCUT2D eigenvalue weighted by atomic mass is 10.2. The van der Waals surface area contributed by atoms with Crippen LogP contribution in [0.25, 0.3) is 0 Å². The Kier molecular flexibility index (Phi) is 3.97. The van der Waals surface area contributed by atoms with Crippen LogP contribution in [0.4, 0.5) is 5.69 Å². The second-order valence-electron chi connectivity index (χ2n) is 4.22. The van der Waals surface area contributed by atoms with Crippen LogP contribution in [0.3, 0.4) is 0 Å². The molecule has 1 aliphatic rings. The van der Waals surface area contributed by atoms with Crippen LogP contribution in [-0.2, 0) is 9.59 Å². The number of imide groups is 1. The molecule has 0 spiro atoms. The number of benzene rings is 1. The molecular weight excluding hydrogens is 244 g/mol. The van der Waals surface area contributed by atoms with Crippen molar-refractivity contribution < 1.29 is 14.3 Å². The molecular formula is C14H16N2O3. The van der Waals surface area contributed by atoms with Crippen LogP contribution in [0.1, 0.15) is 6.42 Å². The molecule has 19 heavy (non-hydrogen) atoms. The molecule has 2 rings (SSSR count). The van der Waals surface area contributed by atoms with Crippen LogP contribution >= 0.6 is 0 Å². The van der Waals surface area contributed by atoms with E-state index < -0.39 is 6.04 Å². The van der Waals surface area contributed by atoms with Crippen LogP contribution in [0.15, 0.2) is 36.9 Å². The average Bonchev–Trinajstić information content (AvgIpc) is 2.71. The molecule has 1 aromatic carbocycles. The molecule has 0 bridgehead atoms. The first-order valence-corrected chi connectivity index (χ1v) is 6.02. The zero-order valence-electron chi connectivity index (χ0n) is 10.8. The highest BCUT2D eigenvalue weighted by molar-refractivity contribution is 6.22. The monoisotopic (exact) mass is 260 g/mol. The van der Waals surface area contributed by atoms with Crippen LogP contribution in [0.2, 0.25) is 0 Å². The minimum absolute atomic E-state index is 0.179. The van der Waals surface area contributed by atoms with Crippen molar-refractivity contribution >= 4 is 17.5 Å². The first-order chi connectivity index (χ1) is 9.17. The van der Waals surface area contributed by atoms with E-state index in [0.717, 1.165) is 0 Å². The molecule has 1 aliphatic heterocycles. The minimum atomic E-state index is -0.465. The highest BCUT2D eigenvalue weighted by Crippen LogP contribution is 2.24. The Morgan fingerprint density at radius 1 is 1.42 bits per heavy atom. The third kappa shape index (κ3) is 2.66. The lowest BCUT2D eigenvalue weighted by Crippen LogP contribution is -2.38. The number of hydrogen-bond acceptors (Lipinski definition) is 4. The lowest BCUT2D eigenvalue weighted by molar-refractivity contribution is -0.121. The average molecular weight is 260 g/mol. The van der Waals surface area contributed by atoms with Crippen LogP contribution < -0.4 is 15.0 Å². The second kappa shape index (κ2) is 5.67. The summed E-state index contributed by atoms with van der Waals surface area (Å²) < 4.78 is 5.05. The molecule has 1 fully saturated rings. The molecule has 5 heteroatoms. The molecule has 1 N–H and O–H groups in total. The number of amides is 2. The second-order valence-corrected chi connectivity index (χ2v) is 4.22. The summed E-state index contributed by atoms with van der Waals surface area (Å²) in [6, 6.07) is 6.38. The first kappa shape index (κ1) is 13.3. The van der Waals surface area contributed by atoms with E-state index in [4.69, 9.17) is 4.74 Å². The zero-order valence-corrected chi connectivity index (χ0v) is 10.8. The Morgan fingerprint density at radius 3 is 2.68 bits per heavy atom. The Labute approximate surface area is 111 Å². The van der Waals surface area contributed by atoms with E-state index in [2.05, 4.69) is 11.9 Å². The van der Waals surface area contributed by atoms with Gasteiger partial charge in [-0.3, -0.25) is 9.59 Å². The topological polar surface area (TPSA) is 58.6 Å².